The van der Waals surface area contributed by atoms with Crippen LogP contribution in [0.5, 0.6) is 0 Å². The Morgan fingerprint density at radius 2 is 1.55 bits per heavy atom. The van der Waals surface area contributed by atoms with Gasteiger partial charge in [0.1, 0.15) is 0 Å². The first-order valence-electron chi connectivity index (χ1n) is 10.4. The van der Waals surface area contributed by atoms with Crippen molar-refractivity contribution in [1.82, 2.24) is 5.32 Å². The number of halogens is 1. The number of aliphatic carboxylic acids is 1. The van der Waals surface area contributed by atoms with Crippen molar-refractivity contribution in [2.45, 2.75) is 38.1 Å². The second kappa shape index (κ2) is 8.56. The van der Waals surface area contributed by atoms with E-state index in [0.29, 0.717) is 17.9 Å². The van der Waals surface area contributed by atoms with Gasteiger partial charge in [-0.25, -0.2) is 0 Å². The van der Waals surface area contributed by atoms with Crippen LogP contribution in [0.25, 0.3) is 11.1 Å². The molecule has 3 aromatic carbocycles. The summed E-state index contributed by atoms with van der Waals surface area (Å²) in [6.07, 6.45) is 2.08. The summed E-state index contributed by atoms with van der Waals surface area (Å²) in [6, 6.07) is 22.1. The van der Waals surface area contributed by atoms with Crippen LogP contribution in [0.1, 0.15) is 42.0 Å². The number of hydrogen-bond donors (Lipinski definition) is 2. The molecule has 4 rings (SSSR count). The largest absolute Gasteiger partial charge is 0.481 e. The molecule has 0 fully saturated rings. The fraction of sp³-hybridized carbons (Fsp3) is 0.231. The van der Waals surface area contributed by atoms with E-state index in [0.717, 1.165) is 39.8 Å². The third-order valence-electron chi connectivity index (χ3n) is 5.95. The van der Waals surface area contributed by atoms with E-state index < -0.39 is 11.5 Å². The van der Waals surface area contributed by atoms with Gasteiger partial charge >= 0.3 is 5.97 Å². The maximum Gasteiger partial charge on any atom is 0.303 e. The zero-order valence-electron chi connectivity index (χ0n) is 17.3. The van der Waals surface area contributed by atoms with E-state index >= 15 is 0 Å². The Hall–Kier alpha value is -3.11. The number of carboxylic acid groups (broad SMARTS) is 1. The lowest BCUT2D eigenvalue weighted by atomic mass is 9.82. The maximum atomic E-state index is 12.3. The predicted molar refractivity (Wildman–Crippen MR) is 122 cm³/mol. The summed E-state index contributed by atoms with van der Waals surface area (Å²) >= 11 is 6.36. The Morgan fingerprint density at radius 3 is 2.23 bits per heavy atom. The van der Waals surface area contributed by atoms with Crippen LogP contribution in [0.15, 0.2) is 66.7 Å². The van der Waals surface area contributed by atoms with Gasteiger partial charge in [0.05, 0.1) is 5.54 Å². The highest BCUT2D eigenvalue weighted by atomic mass is 35.5. The Bertz CT molecular complexity index is 1140. The summed E-state index contributed by atoms with van der Waals surface area (Å²) in [5.74, 6) is -0.884. The zero-order valence-corrected chi connectivity index (χ0v) is 18.1. The summed E-state index contributed by atoms with van der Waals surface area (Å²) < 4.78 is 0. The second-order valence-corrected chi connectivity index (χ2v) is 8.47. The van der Waals surface area contributed by atoms with Gasteiger partial charge in [0, 0.05) is 18.4 Å². The fourth-order valence-electron chi connectivity index (χ4n) is 4.56. The number of benzene rings is 3. The molecule has 4 nitrogen and oxygen atoms in total. The molecule has 0 heterocycles. The van der Waals surface area contributed by atoms with E-state index in [1.165, 1.54) is 0 Å². The maximum absolute atomic E-state index is 12.3. The van der Waals surface area contributed by atoms with Crippen LogP contribution < -0.4 is 5.32 Å². The van der Waals surface area contributed by atoms with Gasteiger partial charge in [0.2, 0.25) is 5.91 Å². The molecule has 0 aliphatic heterocycles. The summed E-state index contributed by atoms with van der Waals surface area (Å²) in [6.45, 7) is 1.55. The van der Waals surface area contributed by atoms with Crippen molar-refractivity contribution >= 4 is 23.5 Å². The number of amides is 1. The van der Waals surface area contributed by atoms with Crippen LogP contribution in [-0.2, 0) is 28.0 Å². The number of rotatable bonds is 7. The zero-order chi connectivity index (χ0) is 22.0. The van der Waals surface area contributed by atoms with Crippen molar-refractivity contribution in [3.8, 4) is 11.1 Å². The molecule has 31 heavy (non-hydrogen) atoms. The summed E-state index contributed by atoms with van der Waals surface area (Å²) in [5, 5.41) is 12.8. The molecule has 2 N–H and O–H groups in total. The van der Waals surface area contributed by atoms with E-state index in [2.05, 4.69) is 17.4 Å². The molecule has 0 saturated heterocycles. The fourth-order valence-corrected chi connectivity index (χ4v) is 4.73. The first-order chi connectivity index (χ1) is 14.9. The number of nitrogens with one attached hydrogen (secondary N) is 1. The molecule has 0 bridgehead atoms. The first-order valence-corrected chi connectivity index (χ1v) is 10.7. The number of aryl methyl sites for hydroxylation is 2. The molecule has 0 spiro atoms. The Balaban J connectivity index is 1.67. The van der Waals surface area contributed by atoms with Crippen molar-refractivity contribution in [3.05, 3.63) is 94.0 Å². The standard InChI is InChI=1S/C26H24ClNO3/c1-17(29)28-26(15-14-19-8-6-18(7-9-19)10-13-25(30)31)23-5-3-2-4-21(23)22-12-11-20(27)16-24(22)26/h2-9,11-12,16H,10,13-15H2,1H3,(H,28,29)(H,30,31). The van der Waals surface area contributed by atoms with E-state index in [-0.39, 0.29) is 12.3 Å². The molecule has 3 aromatic rings. The molecular formula is C26H24ClNO3. The van der Waals surface area contributed by atoms with E-state index in [1.807, 2.05) is 54.6 Å². The number of fused-ring (bicyclic) bond motifs is 3. The van der Waals surface area contributed by atoms with Crippen molar-refractivity contribution in [3.63, 3.8) is 0 Å². The minimum atomic E-state index is -0.793. The van der Waals surface area contributed by atoms with Crippen molar-refractivity contribution in [2.24, 2.45) is 0 Å². The van der Waals surface area contributed by atoms with E-state index in [9.17, 15) is 9.59 Å². The number of carboxylic acids is 1. The number of carbonyl (C=O) groups excluding carboxylic acids is 1. The van der Waals surface area contributed by atoms with E-state index in [4.69, 9.17) is 16.7 Å². The minimum Gasteiger partial charge on any atom is -0.481 e. The van der Waals surface area contributed by atoms with Crippen molar-refractivity contribution < 1.29 is 14.7 Å². The van der Waals surface area contributed by atoms with Gasteiger partial charge < -0.3 is 10.4 Å². The molecule has 0 saturated carbocycles. The lowest BCUT2D eigenvalue weighted by molar-refractivity contribution is -0.137. The van der Waals surface area contributed by atoms with Crippen LogP contribution in [0.3, 0.4) is 0 Å². The minimum absolute atomic E-state index is 0.0911. The molecule has 5 heteroatoms. The highest BCUT2D eigenvalue weighted by Crippen LogP contribution is 2.50. The van der Waals surface area contributed by atoms with Gasteiger partial charge in [0.15, 0.2) is 0 Å². The molecule has 1 aliphatic rings. The van der Waals surface area contributed by atoms with Gasteiger partial charge in [-0.15, -0.1) is 0 Å². The molecule has 1 unspecified atom stereocenters. The number of carbonyl (C=O) groups is 2. The molecule has 0 radical (unpaired) electrons. The van der Waals surface area contributed by atoms with Gasteiger partial charge in [-0.1, -0.05) is 66.2 Å². The first kappa shape index (κ1) is 21.1. The van der Waals surface area contributed by atoms with Crippen LogP contribution in [-0.4, -0.2) is 17.0 Å². The molecular weight excluding hydrogens is 410 g/mol. The van der Waals surface area contributed by atoms with E-state index in [1.54, 1.807) is 6.92 Å². The number of hydrogen-bond acceptors (Lipinski definition) is 2. The van der Waals surface area contributed by atoms with Gasteiger partial charge in [-0.05, 0) is 64.8 Å². The monoisotopic (exact) mass is 433 g/mol. The third kappa shape index (κ3) is 4.21. The predicted octanol–water partition coefficient (Wildman–Crippen LogP) is 5.35. The molecule has 1 aliphatic carbocycles. The highest BCUT2D eigenvalue weighted by Gasteiger charge is 2.43. The lowest BCUT2D eigenvalue weighted by Crippen LogP contribution is -2.45. The van der Waals surface area contributed by atoms with Crippen molar-refractivity contribution in [2.75, 3.05) is 0 Å². The Morgan fingerprint density at radius 1 is 0.903 bits per heavy atom. The Labute approximate surface area is 186 Å². The smallest absolute Gasteiger partial charge is 0.303 e. The topological polar surface area (TPSA) is 66.4 Å². The quantitative estimate of drug-likeness (QED) is 0.527. The third-order valence-corrected chi connectivity index (χ3v) is 6.18. The van der Waals surface area contributed by atoms with Gasteiger partial charge in [-0.2, -0.15) is 0 Å². The second-order valence-electron chi connectivity index (χ2n) is 8.03. The average Bonchev–Trinajstić information content (AvgIpc) is 3.00. The van der Waals surface area contributed by atoms with Gasteiger partial charge in [-0.3, -0.25) is 9.59 Å². The van der Waals surface area contributed by atoms with Gasteiger partial charge in [0.25, 0.3) is 0 Å². The summed E-state index contributed by atoms with van der Waals surface area (Å²) in [5.41, 5.74) is 5.81. The highest BCUT2D eigenvalue weighted by molar-refractivity contribution is 6.30. The SMILES string of the molecule is CC(=O)NC1(CCc2ccc(CCC(=O)O)cc2)c2ccccc2-c2ccc(Cl)cc21. The summed E-state index contributed by atoms with van der Waals surface area (Å²) in [4.78, 5) is 23.1. The van der Waals surface area contributed by atoms with Crippen LogP contribution in [0.2, 0.25) is 5.02 Å². The normalized spacial score (nSPS) is 16.5. The van der Waals surface area contributed by atoms with Crippen LogP contribution >= 0.6 is 11.6 Å². The van der Waals surface area contributed by atoms with Crippen LogP contribution in [0.4, 0.5) is 0 Å². The Kier molecular flexibility index (Phi) is 5.84. The van der Waals surface area contributed by atoms with Crippen LogP contribution in [0, 0.1) is 0 Å². The molecule has 158 valence electrons. The van der Waals surface area contributed by atoms with Crippen molar-refractivity contribution in [1.29, 1.82) is 0 Å². The lowest BCUT2D eigenvalue weighted by Gasteiger charge is -2.33. The molecule has 0 aromatic heterocycles. The average molecular weight is 434 g/mol. The summed E-state index contributed by atoms with van der Waals surface area (Å²) in [7, 11) is 0. The molecule has 1 atom stereocenters. The molecule has 1 amide bonds.